The van der Waals surface area contributed by atoms with E-state index in [2.05, 4.69) is 0 Å². The number of rotatable bonds is 2. The Morgan fingerprint density at radius 1 is 1.57 bits per heavy atom. The highest BCUT2D eigenvalue weighted by Crippen LogP contribution is 2.28. The lowest BCUT2D eigenvalue weighted by Crippen LogP contribution is -2.21. The van der Waals surface area contributed by atoms with Crippen LogP contribution in [0.25, 0.3) is 0 Å². The maximum absolute atomic E-state index is 11.5. The summed E-state index contributed by atoms with van der Waals surface area (Å²) in [5.74, 6) is -0.194. The summed E-state index contributed by atoms with van der Waals surface area (Å²) < 4.78 is 0. The van der Waals surface area contributed by atoms with Crippen molar-refractivity contribution in [2.24, 2.45) is 0 Å². The van der Waals surface area contributed by atoms with Gasteiger partial charge in [0.1, 0.15) is 4.88 Å². The molecule has 1 rings (SSSR count). The van der Waals surface area contributed by atoms with Crippen LogP contribution >= 0.6 is 11.3 Å². The van der Waals surface area contributed by atoms with Crippen LogP contribution in [0, 0.1) is 17.0 Å². The molecule has 1 heterocycles. The van der Waals surface area contributed by atoms with Crippen LogP contribution in [0.2, 0.25) is 0 Å². The molecule has 0 fully saturated rings. The first kappa shape index (κ1) is 10.6. The van der Waals surface area contributed by atoms with Crippen LogP contribution in [-0.2, 0) is 0 Å². The Bertz CT molecular complexity index is 384. The molecule has 0 N–H and O–H groups in total. The number of hydrogen-bond donors (Lipinski definition) is 0. The Kier molecular flexibility index (Phi) is 2.85. The van der Waals surface area contributed by atoms with Crippen molar-refractivity contribution in [2.75, 3.05) is 14.1 Å². The first-order valence-electron chi connectivity index (χ1n) is 3.89. The molecular formula is C8H10N2O3S. The van der Waals surface area contributed by atoms with Crippen molar-refractivity contribution < 1.29 is 9.72 Å². The normalized spacial score (nSPS) is 9.93. The molecule has 1 aromatic heterocycles. The van der Waals surface area contributed by atoms with E-state index in [1.54, 1.807) is 21.0 Å². The maximum Gasteiger partial charge on any atom is 0.283 e. The lowest BCUT2D eigenvalue weighted by Gasteiger charge is -2.08. The number of hydrogen-bond acceptors (Lipinski definition) is 4. The number of thiophene rings is 1. The summed E-state index contributed by atoms with van der Waals surface area (Å²) in [4.78, 5) is 23.4. The van der Waals surface area contributed by atoms with Crippen LogP contribution in [0.15, 0.2) is 5.38 Å². The fraction of sp³-hybridized carbons (Fsp3) is 0.375. The van der Waals surface area contributed by atoms with Crippen LogP contribution in [0.5, 0.6) is 0 Å². The predicted molar refractivity (Wildman–Crippen MR) is 53.7 cm³/mol. The molecule has 6 heteroatoms. The van der Waals surface area contributed by atoms with Crippen molar-refractivity contribution in [3.63, 3.8) is 0 Å². The van der Waals surface area contributed by atoms with E-state index < -0.39 is 4.92 Å². The number of nitrogens with zero attached hydrogens (tertiary/aromatic N) is 2. The van der Waals surface area contributed by atoms with Crippen molar-refractivity contribution in [1.82, 2.24) is 4.90 Å². The SMILES string of the molecule is Cc1c([N+](=O)[O-])csc1C(=O)N(C)C. The lowest BCUT2D eigenvalue weighted by molar-refractivity contribution is -0.385. The summed E-state index contributed by atoms with van der Waals surface area (Å²) in [5, 5.41) is 11.9. The van der Waals surface area contributed by atoms with Crippen LogP contribution in [0.4, 0.5) is 5.69 Å². The predicted octanol–water partition coefficient (Wildman–Crippen LogP) is 1.67. The second-order valence-electron chi connectivity index (χ2n) is 3.03. The first-order valence-corrected chi connectivity index (χ1v) is 4.77. The van der Waals surface area contributed by atoms with Gasteiger partial charge in [-0.1, -0.05) is 0 Å². The summed E-state index contributed by atoms with van der Waals surface area (Å²) in [7, 11) is 3.24. The van der Waals surface area contributed by atoms with E-state index >= 15 is 0 Å². The zero-order chi connectivity index (χ0) is 10.9. The Hall–Kier alpha value is -1.43. The zero-order valence-corrected chi connectivity index (χ0v) is 8.92. The Morgan fingerprint density at radius 3 is 2.50 bits per heavy atom. The van der Waals surface area contributed by atoms with Gasteiger partial charge in [-0.25, -0.2) is 0 Å². The third-order valence-electron chi connectivity index (χ3n) is 1.81. The van der Waals surface area contributed by atoms with E-state index in [0.717, 1.165) is 11.3 Å². The molecule has 0 spiro atoms. The minimum atomic E-state index is -0.474. The third-order valence-corrected chi connectivity index (χ3v) is 2.87. The summed E-state index contributed by atoms with van der Waals surface area (Å²) in [6, 6.07) is 0. The molecule has 1 amide bonds. The fourth-order valence-corrected chi connectivity index (χ4v) is 2.06. The molecule has 0 aromatic carbocycles. The monoisotopic (exact) mass is 214 g/mol. The molecule has 0 saturated heterocycles. The molecule has 0 bridgehead atoms. The summed E-state index contributed by atoms with van der Waals surface area (Å²) >= 11 is 1.11. The molecule has 0 aliphatic rings. The summed E-state index contributed by atoms with van der Waals surface area (Å²) in [6.07, 6.45) is 0. The Balaban J connectivity index is 3.13. The number of carbonyl (C=O) groups excluding carboxylic acids is 1. The van der Waals surface area contributed by atoms with E-state index in [4.69, 9.17) is 0 Å². The highest BCUT2D eigenvalue weighted by Gasteiger charge is 2.22. The minimum absolute atomic E-state index is 0.0141. The van der Waals surface area contributed by atoms with Crippen molar-refractivity contribution in [3.8, 4) is 0 Å². The van der Waals surface area contributed by atoms with Gasteiger partial charge in [0.2, 0.25) is 0 Å². The Morgan fingerprint density at radius 2 is 2.14 bits per heavy atom. The molecule has 0 aliphatic heterocycles. The average Bonchev–Trinajstić information content (AvgIpc) is 2.45. The quantitative estimate of drug-likeness (QED) is 0.555. The van der Waals surface area contributed by atoms with E-state index in [-0.39, 0.29) is 11.6 Å². The summed E-state index contributed by atoms with van der Waals surface area (Å²) in [5.41, 5.74) is 0.457. The topological polar surface area (TPSA) is 63.5 Å². The molecule has 0 atom stereocenters. The fourth-order valence-electron chi connectivity index (χ4n) is 1.00. The van der Waals surface area contributed by atoms with Gasteiger partial charge >= 0.3 is 0 Å². The molecule has 0 saturated carbocycles. The van der Waals surface area contributed by atoms with Gasteiger partial charge < -0.3 is 4.90 Å². The van der Waals surface area contributed by atoms with E-state index in [1.807, 2.05) is 0 Å². The smallest absolute Gasteiger partial charge is 0.283 e. The van der Waals surface area contributed by atoms with Crippen LogP contribution in [0.1, 0.15) is 15.2 Å². The van der Waals surface area contributed by atoms with E-state index in [0.29, 0.717) is 10.4 Å². The molecule has 76 valence electrons. The molecule has 14 heavy (non-hydrogen) atoms. The van der Waals surface area contributed by atoms with Gasteiger partial charge in [-0.3, -0.25) is 14.9 Å². The number of carbonyl (C=O) groups is 1. The molecule has 0 radical (unpaired) electrons. The van der Waals surface area contributed by atoms with Crippen molar-refractivity contribution in [2.45, 2.75) is 6.92 Å². The van der Waals surface area contributed by atoms with Gasteiger partial charge in [0.05, 0.1) is 15.9 Å². The van der Waals surface area contributed by atoms with E-state index in [9.17, 15) is 14.9 Å². The van der Waals surface area contributed by atoms with Crippen LogP contribution in [-0.4, -0.2) is 29.8 Å². The largest absolute Gasteiger partial charge is 0.344 e. The number of nitro groups is 1. The average molecular weight is 214 g/mol. The van der Waals surface area contributed by atoms with Gasteiger partial charge in [-0.05, 0) is 6.92 Å². The van der Waals surface area contributed by atoms with Gasteiger partial charge in [-0.15, -0.1) is 11.3 Å². The maximum atomic E-state index is 11.5. The number of amides is 1. The standard InChI is InChI=1S/C8H10N2O3S/c1-5-6(10(12)13)4-14-7(5)8(11)9(2)3/h4H,1-3H3. The molecule has 5 nitrogen and oxygen atoms in total. The second kappa shape index (κ2) is 3.75. The summed E-state index contributed by atoms with van der Waals surface area (Å²) in [6.45, 7) is 1.59. The third kappa shape index (κ3) is 1.74. The van der Waals surface area contributed by atoms with E-state index in [1.165, 1.54) is 10.3 Å². The highest BCUT2D eigenvalue weighted by atomic mass is 32.1. The van der Waals surface area contributed by atoms with Crippen molar-refractivity contribution >= 4 is 22.9 Å². The molecule has 1 aromatic rings. The van der Waals surface area contributed by atoms with Gasteiger partial charge in [0.15, 0.2) is 0 Å². The molecule has 0 unspecified atom stereocenters. The van der Waals surface area contributed by atoms with Crippen LogP contribution < -0.4 is 0 Å². The molecule has 0 aliphatic carbocycles. The zero-order valence-electron chi connectivity index (χ0n) is 8.10. The highest BCUT2D eigenvalue weighted by molar-refractivity contribution is 7.12. The minimum Gasteiger partial charge on any atom is -0.344 e. The van der Waals surface area contributed by atoms with Gasteiger partial charge in [0, 0.05) is 14.1 Å². The molecular weight excluding hydrogens is 204 g/mol. The van der Waals surface area contributed by atoms with Crippen LogP contribution in [0.3, 0.4) is 0 Å². The Labute approximate surface area is 85.1 Å². The second-order valence-corrected chi connectivity index (χ2v) is 3.91. The van der Waals surface area contributed by atoms with Crippen molar-refractivity contribution in [1.29, 1.82) is 0 Å². The van der Waals surface area contributed by atoms with Crippen molar-refractivity contribution in [3.05, 3.63) is 25.9 Å². The van der Waals surface area contributed by atoms with Gasteiger partial charge in [0.25, 0.3) is 11.6 Å². The lowest BCUT2D eigenvalue weighted by atomic mass is 10.2. The first-order chi connectivity index (χ1) is 6.45. The van der Waals surface area contributed by atoms with Gasteiger partial charge in [-0.2, -0.15) is 0 Å².